The molecule has 0 bridgehead atoms. The van der Waals surface area contributed by atoms with E-state index in [1.54, 1.807) is 0 Å². The fourth-order valence-electron chi connectivity index (χ4n) is 2.92. The first-order valence-electron chi connectivity index (χ1n) is 7.83. The summed E-state index contributed by atoms with van der Waals surface area (Å²) in [6, 6.07) is 16.7. The minimum absolute atomic E-state index is 0.850. The summed E-state index contributed by atoms with van der Waals surface area (Å²) < 4.78 is 0. The minimum Gasteiger partial charge on any atom is -0.367 e. The van der Waals surface area contributed by atoms with Crippen molar-refractivity contribution in [3.63, 3.8) is 0 Å². The van der Waals surface area contributed by atoms with E-state index in [9.17, 15) is 0 Å². The zero-order valence-electron chi connectivity index (χ0n) is 12.8. The number of nitrogens with zero attached hydrogens (tertiary/aromatic N) is 3. The van der Waals surface area contributed by atoms with Crippen molar-refractivity contribution in [1.29, 1.82) is 0 Å². The lowest BCUT2D eigenvalue weighted by Crippen LogP contribution is -2.34. The summed E-state index contributed by atoms with van der Waals surface area (Å²) in [5, 5.41) is 3.39. The number of aromatic nitrogens is 2. The third-order valence-corrected chi connectivity index (χ3v) is 4.09. The van der Waals surface area contributed by atoms with Crippen LogP contribution in [0.25, 0.3) is 11.1 Å². The van der Waals surface area contributed by atoms with Gasteiger partial charge in [-0.15, -0.1) is 0 Å². The van der Waals surface area contributed by atoms with Crippen molar-refractivity contribution in [3.05, 3.63) is 72.7 Å². The van der Waals surface area contributed by atoms with E-state index >= 15 is 0 Å². The second-order valence-electron chi connectivity index (χ2n) is 5.67. The lowest BCUT2D eigenvalue weighted by atomic mass is 10.1. The molecule has 4 nitrogen and oxygen atoms in total. The Kier molecular flexibility index (Phi) is 3.64. The molecular weight excluding hydrogens is 284 g/mol. The molecule has 1 aliphatic heterocycles. The zero-order valence-corrected chi connectivity index (χ0v) is 12.8. The summed E-state index contributed by atoms with van der Waals surface area (Å²) in [7, 11) is 0. The molecule has 0 saturated carbocycles. The molecule has 4 rings (SSSR count). The minimum atomic E-state index is 0.850. The maximum Gasteiger partial charge on any atom is 0.149 e. The molecule has 0 fully saturated rings. The van der Waals surface area contributed by atoms with Gasteiger partial charge in [0.2, 0.25) is 0 Å². The largest absolute Gasteiger partial charge is 0.367 e. The molecule has 1 aliphatic rings. The van der Waals surface area contributed by atoms with Gasteiger partial charge in [0.25, 0.3) is 0 Å². The summed E-state index contributed by atoms with van der Waals surface area (Å²) in [4.78, 5) is 11.2. The summed E-state index contributed by atoms with van der Waals surface area (Å²) in [5.74, 6) is 0.958. The van der Waals surface area contributed by atoms with E-state index in [0.717, 1.165) is 36.7 Å². The fourth-order valence-corrected chi connectivity index (χ4v) is 2.92. The monoisotopic (exact) mass is 302 g/mol. The molecule has 1 aromatic carbocycles. The molecule has 0 spiro atoms. The SMILES string of the molecule is c1ccc(-c2cnc3c(c2)N(Cc2cccnc2)CCN3)cc1. The van der Waals surface area contributed by atoms with Crippen LogP contribution >= 0.6 is 0 Å². The fraction of sp³-hybridized carbons (Fsp3) is 0.158. The van der Waals surface area contributed by atoms with Crippen molar-refractivity contribution in [2.45, 2.75) is 6.54 Å². The Labute approximate surface area is 135 Å². The van der Waals surface area contributed by atoms with Gasteiger partial charge in [-0.1, -0.05) is 36.4 Å². The standard InChI is InChI=1S/C19H18N4/c1-2-6-16(7-3-1)17-11-18-19(22-13-17)21-9-10-23(18)14-15-5-4-8-20-12-15/h1-8,11-13H,9-10,14H2,(H,21,22). The maximum absolute atomic E-state index is 4.62. The number of hydrogen-bond donors (Lipinski definition) is 1. The van der Waals surface area contributed by atoms with Crippen molar-refractivity contribution in [2.75, 3.05) is 23.3 Å². The highest BCUT2D eigenvalue weighted by Crippen LogP contribution is 2.32. The molecule has 0 unspecified atom stereocenters. The Morgan fingerprint density at radius 2 is 1.91 bits per heavy atom. The third-order valence-electron chi connectivity index (χ3n) is 4.09. The van der Waals surface area contributed by atoms with Crippen molar-refractivity contribution in [3.8, 4) is 11.1 Å². The van der Waals surface area contributed by atoms with Gasteiger partial charge in [0.15, 0.2) is 0 Å². The van der Waals surface area contributed by atoms with Gasteiger partial charge in [-0.3, -0.25) is 4.98 Å². The molecule has 0 amide bonds. The van der Waals surface area contributed by atoms with Crippen molar-refractivity contribution < 1.29 is 0 Å². The summed E-state index contributed by atoms with van der Waals surface area (Å²) in [6.45, 7) is 2.72. The molecule has 0 atom stereocenters. The number of rotatable bonds is 3. The molecule has 1 N–H and O–H groups in total. The quantitative estimate of drug-likeness (QED) is 0.803. The molecule has 0 aliphatic carbocycles. The number of nitrogens with one attached hydrogen (secondary N) is 1. The highest BCUT2D eigenvalue weighted by Gasteiger charge is 2.18. The lowest BCUT2D eigenvalue weighted by Gasteiger charge is -2.31. The smallest absolute Gasteiger partial charge is 0.149 e. The first kappa shape index (κ1) is 13.8. The van der Waals surface area contributed by atoms with E-state index in [0.29, 0.717) is 0 Å². The van der Waals surface area contributed by atoms with Crippen LogP contribution in [0.5, 0.6) is 0 Å². The molecule has 3 aromatic rings. The topological polar surface area (TPSA) is 41.1 Å². The van der Waals surface area contributed by atoms with Crippen LogP contribution in [0.1, 0.15) is 5.56 Å². The normalized spacial score (nSPS) is 13.3. The van der Waals surface area contributed by atoms with Crippen LogP contribution in [0.2, 0.25) is 0 Å². The second kappa shape index (κ2) is 6.08. The summed E-state index contributed by atoms with van der Waals surface area (Å²) >= 11 is 0. The van der Waals surface area contributed by atoms with Gasteiger partial charge in [0.1, 0.15) is 5.82 Å². The van der Waals surface area contributed by atoms with Gasteiger partial charge in [-0.2, -0.15) is 0 Å². The average molecular weight is 302 g/mol. The van der Waals surface area contributed by atoms with Crippen LogP contribution in [0, 0.1) is 0 Å². The van der Waals surface area contributed by atoms with E-state index in [1.165, 1.54) is 11.1 Å². The van der Waals surface area contributed by atoms with Crippen LogP contribution in [0.3, 0.4) is 0 Å². The van der Waals surface area contributed by atoms with Crippen LogP contribution in [0.4, 0.5) is 11.5 Å². The summed E-state index contributed by atoms with van der Waals surface area (Å²) in [5.41, 5.74) is 4.70. The first-order valence-corrected chi connectivity index (χ1v) is 7.83. The molecule has 0 saturated heterocycles. The lowest BCUT2D eigenvalue weighted by molar-refractivity contribution is 0.778. The second-order valence-corrected chi connectivity index (χ2v) is 5.67. The molecule has 0 radical (unpaired) electrons. The van der Waals surface area contributed by atoms with Crippen LogP contribution in [-0.2, 0) is 6.54 Å². The van der Waals surface area contributed by atoms with Crippen LogP contribution < -0.4 is 10.2 Å². The maximum atomic E-state index is 4.62. The van der Waals surface area contributed by atoms with Gasteiger partial charge >= 0.3 is 0 Å². The molecule has 114 valence electrons. The van der Waals surface area contributed by atoms with Gasteiger partial charge in [0.05, 0.1) is 5.69 Å². The zero-order chi connectivity index (χ0) is 15.5. The van der Waals surface area contributed by atoms with E-state index in [-0.39, 0.29) is 0 Å². The number of pyridine rings is 2. The molecular formula is C19H18N4. The Hall–Kier alpha value is -2.88. The predicted molar refractivity (Wildman–Crippen MR) is 93.4 cm³/mol. The number of benzene rings is 1. The molecule has 4 heteroatoms. The Morgan fingerprint density at radius 1 is 1.00 bits per heavy atom. The van der Waals surface area contributed by atoms with Crippen LogP contribution in [-0.4, -0.2) is 23.1 Å². The highest BCUT2D eigenvalue weighted by molar-refractivity contribution is 5.76. The van der Waals surface area contributed by atoms with Gasteiger partial charge in [0, 0.05) is 43.8 Å². The first-order chi connectivity index (χ1) is 11.4. The third kappa shape index (κ3) is 2.88. The van der Waals surface area contributed by atoms with E-state index in [2.05, 4.69) is 56.6 Å². The number of hydrogen-bond acceptors (Lipinski definition) is 4. The number of fused-ring (bicyclic) bond motifs is 1. The van der Waals surface area contributed by atoms with Crippen molar-refractivity contribution in [2.24, 2.45) is 0 Å². The average Bonchev–Trinajstić information content (AvgIpc) is 2.63. The Morgan fingerprint density at radius 3 is 2.74 bits per heavy atom. The van der Waals surface area contributed by atoms with E-state index < -0.39 is 0 Å². The van der Waals surface area contributed by atoms with Crippen LogP contribution in [0.15, 0.2) is 67.1 Å². The highest BCUT2D eigenvalue weighted by atomic mass is 15.2. The molecule has 3 heterocycles. The van der Waals surface area contributed by atoms with Gasteiger partial charge in [-0.05, 0) is 23.3 Å². The Bertz CT molecular complexity index is 787. The molecule has 23 heavy (non-hydrogen) atoms. The molecule has 2 aromatic heterocycles. The predicted octanol–water partition coefficient (Wildman–Crippen LogP) is 3.58. The van der Waals surface area contributed by atoms with E-state index in [1.807, 2.05) is 30.7 Å². The van der Waals surface area contributed by atoms with E-state index in [4.69, 9.17) is 0 Å². The van der Waals surface area contributed by atoms with Crippen molar-refractivity contribution in [1.82, 2.24) is 9.97 Å². The summed E-state index contributed by atoms with van der Waals surface area (Å²) in [6.07, 6.45) is 5.68. The van der Waals surface area contributed by atoms with Gasteiger partial charge in [-0.25, -0.2) is 4.98 Å². The van der Waals surface area contributed by atoms with Crippen molar-refractivity contribution >= 4 is 11.5 Å². The number of anilines is 2. The Balaban J connectivity index is 1.69. The van der Waals surface area contributed by atoms with Gasteiger partial charge < -0.3 is 10.2 Å².